The van der Waals surface area contributed by atoms with Crippen molar-refractivity contribution in [2.45, 2.75) is 57.4 Å². The van der Waals surface area contributed by atoms with Crippen molar-refractivity contribution in [3.05, 3.63) is 16.8 Å². The highest BCUT2D eigenvalue weighted by molar-refractivity contribution is 7.99. The average Bonchev–Trinajstić information content (AvgIpc) is 3.40. The first kappa shape index (κ1) is 19.7. The molecule has 0 aromatic carbocycles. The van der Waals surface area contributed by atoms with Crippen LogP contribution in [0.4, 0.5) is 0 Å². The fraction of sp³-hybridized carbons (Fsp3) is 0.526. The van der Waals surface area contributed by atoms with Crippen LogP contribution >= 0.6 is 23.1 Å². The molecule has 5 rings (SSSR count). The molecule has 0 bridgehead atoms. The quantitative estimate of drug-likeness (QED) is 0.253. The van der Waals surface area contributed by atoms with Crippen LogP contribution < -0.4 is 0 Å². The lowest BCUT2D eigenvalue weighted by Crippen LogP contribution is -2.31. The molecule has 4 aromatic heterocycles. The number of thioether (sulfide) groups is 1. The van der Waals surface area contributed by atoms with Crippen LogP contribution in [-0.4, -0.2) is 53.1 Å². The predicted molar refractivity (Wildman–Crippen MR) is 114 cm³/mol. The van der Waals surface area contributed by atoms with Crippen molar-refractivity contribution < 1.29 is 14.3 Å². The second-order valence-corrected chi connectivity index (χ2v) is 9.93. The third-order valence-electron chi connectivity index (χ3n) is 5.11. The van der Waals surface area contributed by atoms with Crippen LogP contribution in [0.1, 0.15) is 44.1 Å². The largest absolute Gasteiger partial charge is 0.466 e. The number of ether oxygens (including phenoxy) is 2. The highest BCUT2D eigenvalue weighted by atomic mass is 32.2. The van der Waals surface area contributed by atoms with E-state index in [1.807, 2.05) is 6.92 Å². The zero-order chi connectivity index (χ0) is 20.9. The maximum absolute atomic E-state index is 11.6. The van der Waals surface area contributed by atoms with Crippen molar-refractivity contribution >= 4 is 50.7 Å². The number of nitrogens with zero attached hydrogens (tertiary/aromatic N) is 6. The molecule has 0 amide bonds. The predicted octanol–water partition coefficient (Wildman–Crippen LogP) is 3.27. The van der Waals surface area contributed by atoms with Gasteiger partial charge in [0.05, 0.1) is 24.2 Å². The molecule has 0 unspecified atom stereocenters. The van der Waals surface area contributed by atoms with Gasteiger partial charge in [-0.15, -0.1) is 21.5 Å². The Balaban J connectivity index is 1.56. The van der Waals surface area contributed by atoms with Gasteiger partial charge in [-0.05, 0) is 32.8 Å². The zero-order valence-electron chi connectivity index (χ0n) is 17.0. The molecule has 11 heteroatoms. The van der Waals surface area contributed by atoms with E-state index in [0.717, 1.165) is 39.6 Å². The summed E-state index contributed by atoms with van der Waals surface area (Å²) in [5.74, 6) is 1.23. The van der Waals surface area contributed by atoms with Gasteiger partial charge in [0.15, 0.2) is 10.8 Å². The molecule has 30 heavy (non-hydrogen) atoms. The Kier molecular flexibility index (Phi) is 4.91. The van der Waals surface area contributed by atoms with Gasteiger partial charge >= 0.3 is 5.97 Å². The number of hydrogen-bond acceptors (Lipinski definition) is 9. The van der Waals surface area contributed by atoms with Crippen molar-refractivity contribution in [1.29, 1.82) is 0 Å². The van der Waals surface area contributed by atoms with Gasteiger partial charge in [-0.3, -0.25) is 4.79 Å². The Hall–Kier alpha value is -2.24. The standard InChI is InChI=1S/C19H22N6O3S2/c1-4-27-13(26)6-5-7-29-18-23-22-17-24(18)16-14(15-20-10-21-25(15)17)11-8-19(2,3)28-9-12(11)30-16/h10H,4-9H2,1-3H3. The van der Waals surface area contributed by atoms with Gasteiger partial charge in [-0.2, -0.15) is 9.61 Å². The molecule has 0 aliphatic carbocycles. The summed E-state index contributed by atoms with van der Waals surface area (Å²) in [5, 5.41) is 15.1. The minimum absolute atomic E-state index is 0.163. The Labute approximate surface area is 180 Å². The summed E-state index contributed by atoms with van der Waals surface area (Å²) in [6.45, 7) is 7.05. The van der Waals surface area contributed by atoms with Gasteiger partial charge in [-0.25, -0.2) is 9.38 Å². The molecule has 0 fully saturated rings. The molecule has 4 aromatic rings. The number of rotatable bonds is 6. The molecule has 0 saturated carbocycles. The van der Waals surface area contributed by atoms with Crippen LogP contribution in [0.5, 0.6) is 0 Å². The molecular weight excluding hydrogens is 424 g/mol. The summed E-state index contributed by atoms with van der Waals surface area (Å²) in [5.41, 5.74) is 1.86. The lowest BCUT2D eigenvalue weighted by Gasteiger charge is -2.30. The van der Waals surface area contributed by atoms with Crippen molar-refractivity contribution in [2.24, 2.45) is 0 Å². The third-order valence-corrected chi connectivity index (χ3v) is 7.32. The molecule has 0 saturated heterocycles. The second kappa shape index (κ2) is 7.47. The molecule has 0 atom stereocenters. The Bertz CT molecular complexity index is 1260. The van der Waals surface area contributed by atoms with E-state index in [0.29, 0.717) is 25.4 Å². The Morgan fingerprint density at radius 2 is 2.27 bits per heavy atom. The molecule has 1 aliphatic rings. The van der Waals surface area contributed by atoms with Gasteiger partial charge in [-0.1, -0.05) is 11.8 Å². The van der Waals surface area contributed by atoms with E-state index in [2.05, 4.69) is 38.5 Å². The van der Waals surface area contributed by atoms with Crippen LogP contribution in [0.15, 0.2) is 11.5 Å². The van der Waals surface area contributed by atoms with E-state index in [1.165, 1.54) is 10.4 Å². The average molecular weight is 447 g/mol. The van der Waals surface area contributed by atoms with E-state index in [4.69, 9.17) is 9.47 Å². The topological polar surface area (TPSA) is 95.9 Å². The fourth-order valence-corrected chi connectivity index (χ4v) is 5.92. The fourth-order valence-electron chi connectivity index (χ4n) is 3.77. The van der Waals surface area contributed by atoms with E-state index in [9.17, 15) is 4.79 Å². The monoisotopic (exact) mass is 446 g/mol. The minimum atomic E-state index is -0.217. The van der Waals surface area contributed by atoms with Gasteiger partial charge in [0.2, 0.25) is 0 Å². The number of esters is 1. The lowest BCUT2D eigenvalue weighted by molar-refractivity contribution is -0.143. The lowest BCUT2D eigenvalue weighted by atomic mass is 9.94. The first-order valence-electron chi connectivity index (χ1n) is 9.92. The molecule has 5 heterocycles. The maximum atomic E-state index is 11.6. The summed E-state index contributed by atoms with van der Waals surface area (Å²) in [4.78, 5) is 18.4. The summed E-state index contributed by atoms with van der Waals surface area (Å²) >= 11 is 3.29. The van der Waals surface area contributed by atoms with Gasteiger partial charge in [0.1, 0.15) is 11.2 Å². The number of hydrogen-bond donors (Lipinski definition) is 0. The number of thiophene rings is 1. The molecule has 158 valence electrons. The normalized spacial score (nSPS) is 15.8. The first-order valence-corrected chi connectivity index (χ1v) is 11.7. The minimum Gasteiger partial charge on any atom is -0.466 e. The Morgan fingerprint density at radius 3 is 3.10 bits per heavy atom. The number of carbonyl (C=O) groups is 1. The zero-order valence-corrected chi connectivity index (χ0v) is 18.7. The van der Waals surface area contributed by atoms with Crippen LogP contribution in [0.3, 0.4) is 0 Å². The van der Waals surface area contributed by atoms with E-state index in [1.54, 1.807) is 33.9 Å². The summed E-state index contributed by atoms with van der Waals surface area (Å²) in [6.07, 6.45) is 3.50. The van der Waals surface area contributed by atoms with Crippen LogP contribution in [0.25, 0.3) is 21.6 Å². The van der Waals surface area contributed by atoms with Crippen molar-refractivity contribution in [3.63, 3.8) is 0 Å². The van der Waals surface area contributed by atoms with Crippen molar-refractivity contribution in [1.82, 2.24) is 29.2 Å². The van der Waals surface area contributed by atoms with Crippen LogP contribution in [0.2, 0.25) is 0 Å². The molecule has 0 radical (unpaired) electrons. The number of aromatic nitrogens is 6. The third kappa shape index (κ3) is 3.25. The van der Waals surface area contributed by atoms with Gasteiger partial charge in [0, 0.05) is 23.5 Å². The first-order chi connectivity index (χ1) is 14.5. The van der Waals surface area contributed by atoms with E-state index >= 15 is 0 Å². The number of carbonyl (C=O) groups excluding carboxylic acids is 1. The molecule has 0 spiro atoms. The van der Waals surface area contributed by atoms with E-state index in [-0.39, 0.29) is 11.6 Å². The Morgan fingerprint density at radius 1 is 1.40 bits per heavy atom. The highest BCUT2D eigenvalue weighted by Crippen LogP contribution is 2.41. The maximum Gasteiger partial charge on any atom is 0.305 e. The van der Waals surface area contributed by atoms with E-state index < -0.39 is 0 Å². The van der Waals surface area contributed by atoms with Crippen molar-refractivity contribution in [2.75, 3.05) is 12.4 Å². The molecule has 0 N–H and O–H groups in total. The second-order valence-electron chi connectivity index (χ2n) is 7.78. The molecular formula is C19H22N6O3S2. The van der Waals surface area contributed by atoms with Crippen LogP contribution in [-0.2, 0) is 27.3 Å². The SMILES string of the molecule is CCOC(=O)CCCSc1nnc2n3ncnc3c3c4c(sc3n12)COC(C)(C)C4. The van der Waals surface area contributed by atoms with Gasteiger partial charge in [0.25, 0.3) is 5.78 Å². The molecule has 9 nitrogen and oxygen atoms in total. The molecule has 1 aliphatic heterocycles. The number of fused-ring (bicyclic) bond motifs is 8. The van der Waals surface area contributed by atoms with Crippen LogP contribution in [0, 0.1) is 0 Å². The smallest absolute Gasteiger partial charge is 0.305 e. The summed E-state index contributed by atoms with van der Waals surface area (Å²) in [6, 6.07) is 0. The summed E-state index contributed by atoms with van der Waals surface area (Å²) < 4.78 is 14.9. The van der Waals surface area contributed by atoms with Gasteiger partial charge < -0.3 is 9.47 Å². The highest BCUT2D eigenvalue weighted by Gasteiger charge is 2.32. The van der Waals surface area contributed by atoms with Crippen molar-refractivity contribution in [3.8, 4) is 0 Å². The summed E-state index contributed by atoms with van der Waals surface area (Å²) in [7, 11) is 0.